The Bertz CT molecular complexity index is 465. The van der Waals surface area contributed by atoms with E-state index in [1.165, 1.54) is 16.5 Å². The maximum Gasteiger partial charge on any atom is 0.212 e. The van der Waals surface area contributed by atoms with Gasteiger partial charge in [0.05, 0.1) is 0 Å². The van der Waals surface area contributed by atoms with Crippen molar-refractivity contribution < 1.29 is 9.30 Å². The van der Waals surface area contributed by atoms with Crippen molar-refractivity contribution in [3.8, 4) is 0 Å². The quantitative estimate of drug-likeness (QED) is 0.695. The Morgan fingerprint density at radius 1 is 1.20 bits per heavy atom. The van der Waals surface area contributed by atoms with Gasteiger partial charge < -0.3 is 4.74 Å². The first kappa shape index (κ1) is 10.1. The number of nitrogens with zero attached hydrogens (tertiary/aromatic N) is 1. The predicted molar refractivity (Wildman–Crippen MR) is 60.8 cm³/mol. The van der Waals surface area contributed by atoms with E-state index < -0.39 is 0 Å². The number of aryl methyl sites for hydroxylation is 1. The number of rotatable bonds is 3. The number of methoxy groups -OCH3 is 1. The van der Waals surface area contributed by atoms with Crippen LogP contribution in [0, 0.1) is 6.92 Å². The Morgan fingerprint density at radius 2 is 2.00 bits per heavy atom. The zero-order valence-corrected chi connectivity index (χ0v) is 9.23. The number of para-hydroxylation sites is 1. The summed E-state index contributed by atoms with van der Waals surface area (Å²) in [4.78, 5) is 0. The molecule has 0 bridgehead atoms. The highest BCUT2D eigenvalue weighted by Gasteiger charge is 2.08. The minimum Gasteiger partial charge on any atom is -0.378 e. The molecule has 0 radical (unpaired) electrons. The third kappa shape index (κ3) is 2.00. The van der Waals surface area contributed by atoms with Crippen molar-refractivity contribution in [3.63, 3.8) is 0 Å². The third-order valence-corrected chi connectivity index (χ3v) is 2.68. The number of hydrogen-bond donors (Lipinski definition) is 0. The van der Waals surface area contributed by atoms with Crippen LogP contribution in [0.4, 0.5) is 0 Å². The molecule has 2 rings (SSSR count). The molecule has 1 aromatic heterocycles. The first-order valence-corrected chi connectivity index (χ1v) is 5.19. The molecule has 0 atom stereocenters. The van der Waals surface area contributed by atoms with E-state index in [9.17, 15) is 0 Å². The van der Waals surface area contributed by atoms with Gasteiger partial charge in [0, 0.05) is 24.6 Å². The average molecular weight is 202 g/mol. The van der Waals surface area contributed by atoms with Gasteiger partial charge in [-0.1, -0.05) is 12.1 Å². The molecule has 15 heavy (non-hydrogen) atoms. The van der Waals surface area contributed by atoms with Crippen LogP contribution in [0.3, 0.4) is 0 Å². The molecule has 0 N–H and O–H groups in total. The van der Waals surface area contributed by atoms with Crippen molar-refractivity contribution in [2.24, 2.45) is 0 Å². The minimum atomic E-state index is 0.748. The van der Waals surface area contributed by atoms with Gasteiger partial charge >= 0.3 is 0 Å². The van der Waals surface area contributed by atoms with Crippen molar-refractivity contribution in [1.82, 2.24) is 0 Å². The highest BCUT2D eigenvalue weighted by atomic mass is 16.5. The van der Waals surface area contributed by atoms with Gasteiger partial charge in [-0.25, -0.2) is 0 Å². The van der Waals surface area contributed by atoms with Crippen molar-refractivity contribution in [2.75, 3.05) is 13.7 Å². The summed E-state index contributed by atoms with van der Waals surface area (Å²) in [6, 6.07) is 10.6. The fourth-order valence-electron chi connectivity index (χ4n) is 1.81. The van der Waals surface area contributed by atoms with Gasteiger partial charge in [0.1, 0.15) is 6.61 Å². The molecule has 2 heteroatoms. The summed E-state index contributed by atoms with van der Waals surface area (Å²) in [6.45, 7) is 3.79. The Balaban J connectivity index is 2.51. The first-order chi connectivity index (χ1) is 7.33. The van der Waals surface area contributed by atoms with Crippen molar-refractivity contribution in [3.05, 3.63) is 42.1 Å². The van der Waals surface area contributed by atoms with Crippen LogP contribution in [0.25, 0.3) is 10.9 Å². The van der Waals surface area contributed by atoms with Gasteiger partial charge in [0.15, 0.2) is 12.7 Å². The second-order valence-electron chi connectivity index (χ2n) is 3.70. The lowest BCUT2D eigenvalue weighted by atomic mass is 10.1. The molecule has 1 aromatic carbocycles. The largest absolute Gasteiger partial charge is 0.378 e. The Labute approximate surface area is 90.1 Å². The summed E-state index contributed by atoms with van der Waals surface area (Å²) in [5.74, 6) is 0. The second-order valence-corrected chi connectivity index (χ2v) is 3.70. The summed E-state index contributed by atoms with van der Waals surface area (Å²) in [6.07, 6.45) is 2.12. The maximum atomic E-state index is 5.10. The van der Waals surface area contributed by atoms with Crippen LogP contribution in [-0.2, 0) is 11.3 Å². The van der Waals surface area contributed by atoms with Crippen molar-refractivity contribution in [1.29, 1.82) is 0 Å². The number of hydrogen-bond acceptors (Lipinski definition) is 1. The van der Waals surface area contributed by atoms with Crippen LogP contribution in [0.2, 0.25) is 0 Å². The van der Waals surface area contributed by atoms with E-state index >= 15 is 0 Å². The molecule has 0 aliphatic heterocycles. The summed E-state index contributed by atoms with van der Waals surface area (Å²) in [5.41, 5.74) is 2.59. The van der Waals surface area contributed by atoms with Crippen molar-refractivity contribution >= 4 is 10.9 Å². The van der Waals surface area contributed by atoms with E-state index in [2.05, 4.69) is 48.0 Å². The lowest BCUT2D eigenvalue weighted by molar-refractivity contribution is -0.673. The third-order valence-electron chi connectivity index (χ3n) is 2.68. The van der Waals surface area contributed by atoms with Crippen LogP contribution in [0.15, 0.2) is 36.5 Å². The monoisotopic (exact) mass is 202 g/mol. The molecule has 0 unspecified atom stereocenters. The van der Waals surface area contributed by atoms with E-state index in [1.807, 2.05) is 0 Å². The number of pyridine rings is 1. The second kappa shape index (κ2) is 4.41. The maximum absolute atomic E-state index is 5.10. The van der Waals surface area contributed by atoms with Crippen molar-refractivity contribution in [2.45, 2.75) is 13.5 Å². The molecule has 2 nitrogen and oxygen atoms in total. The van der Waals surface area contributed by atoms with Gasteiger partial charge in [-0.3, -0.25) is 0 Å². The molecule has 78 valence electrons. The normalized spacial score (nSPS) is 10.8. The Hall–Kier alpha value is -1.41. The predicted octanol–water partition coefficient (Wildman–Crippen LogP) is 2.08. The summed E-state index contributed by atoms with van der Waals surface area (Å²) < 4.78 is 7.33. The molecule has 0 saturated heterocycles. The van der Waals surface area contributed by atoms with Gasteiger partial charge in [-0.15, -0.1) is 0 Å². The van der Waals surface area contributed by atoms with E-state index in [4.69, 9.17) is 4.74 Å². The highest BCUT2D eigenvalue weighted by molar-refractivity contribution is 5.78. The molecule has 0 saturated carbocycles. The molecule has 0 aliphatic rings. The van der Waals surface area contributed by atoms with Gasteiger partial charge in [-0.2, -0.15) is 4.57 Å². The molecular weight excluding hydrogens is 186 g/mol. The van der Waals surface area contributed by atoms with Crippen LogP contribution < -0.4 is 4.57 Å². The fraction of sp³-hybridized carbons (Fsp3) is 0.308. The molecule has 1 heterocycles. The van der Waals surface area contributed by atoms with E-state index in [-0.39, 0.29) is 0 Å². The fourth-order valence-corrected chi connectivity index (χ4v) is 1.81. The number of ether oxygens (including phenoxy) is 1. The zero-order chi connectivity index (χ0) is 10.7. The van der Waals surface area contributed by atoms with Crippen LogP contribution in [0.5, 0.6) is 0 Å². The molecule has 2 aromatic rings. The molecule has 0 aliphatic carbocycles. The topological polar surface area (TPSA) is 13.1 Å². The van der Waals surface area contributed by atoms with Gasteiger partial charge in [-0.05, 0) is 18.6 Å². The van der Waals surface area contributed by atoms with E-state index in [1.54, 1.807) is 7.11 Å². The van der Waals surface area contributed by atoms with Crippen LogP contribution in [-0.4, -0.2) is 13.7 Å². The number of aromatic nitrogens is 1. The Morgan fingerprint density at radius 3 is 2.80 bits per heavy atom. The van der Waals surface area contributed by atoms with Crippen LogP contribution in [0.1, 0.15) is 5.56 Å². The highest BCUT2D eigenvalue weighted by Crippen LogP contribution is 2.13. The minimum absolute atomic E-state index is 0.748. The molecule has 0 fully saturated rings. The summed E-state index contributed by atoms with van der Waals surface area (Å²) in [5, 5.41) is 1.32. The van der Waals surface area contributed by atoms with Gasteiger partial charge in [0.25, 0.3) is 0 Å². The molecule has 0 spiro atoms. The molecule has 0 amide bonds. The number of benzene rings is 1. The zero-order valence-electron chi connectivity index (χ0n) is 9.23. The summed E-state index contributed by atoms with van der Waals surface area (Å²) in [7, 11) is 1.73. The first-order valence-electron chi connectivity index (χ1n) is 5.19. The lowest BCUT2D eigenvalue weighted by Crippen LogP contribution is -2.36. The summed E-state index contributed by atoms with van der Waals surface area (Å²) >= 11 is 0. The standard InChI is InChI=1S/C13H16NO/c1-11-7-8-14(9-10-15-2)13-6-4-3-5-12(11)13/h3-8H,9-10H2,1-2H3/q+1. The smallest absolute Gasteiger partial charge is 0.212 e. The van der Waals surface area contributed by atoms with E-state index in [0.29, 0.717) is 0 Å². The lowest BCUT2D eigenvalue weighted by Gasteiger charge is -2.02. The average Bonchev–Trinajstić information content (AvgIpc) is 2.29. The van der Waals surface area contributed by atoms with E-state index in [0.717, 1.165) is 13.2 Å². The van der Waals surface area contributed by atoms with Crippen LogP contribution >= 0.6 is 0 Å². The number of fused-ring (bicyclic) bond motifs is 1. The Kier molecular flexibility index (Phi) is 2.97. The van der Waals surface area contributed by atoms with Gasteiger partial charge in [0.2, 0.25) is 5.52 Å². The molecular formula is C13H16NO+. The SMILES string of the molecule is COCC[n+]1ccc(C)c2ccccc21.